The highest BCUT2D eigenvalue weighted by molar-refractivity contribution is 5.34. The van der Waals surface area contributed by atoms with E-state index < -0.39 is 23.0 Å². The summed E-state index contributed by atoms with van der Waals surface area (Å²) >= 11 is 0. The maximum atomic E-state index is 13.1. The van der Waals surface area contributed by atoms with Crippen LogP contribution in [0.2, 0.25) is 0 Å². The summed E-state index contributed by atoms with van der Waals surface area (Å²) in [6.07, 6.45) is 0.584. The van der Waals surface area contributed by atoms with Gasteiger partial charge in [-0.15, -0.1) is 0 Å². The number of nitrogens with zero attached hydrogens (tertiary/aromatic N) is 1. The van der Waals surface area contributed by atoms with Gasteiger partial charge in [-0.2, -0.15) is 0 Å². The molecule has 0 amide bonds. The van der Waals surface area contributed by atoms with Crippen molar-refractivity contribution < 1.29 is 13.2 Å². The number of aryl methyl sites for hydroxylation is 1. The molecule has 1 aromatic heterocycles. The second kappa shape index (κ2) is 4.36. The first-order valence-corrected chi connectivity index (χ1v) is 5.41. The average Bonchev–Trinajstić information content (AvgIpc) is 2.62. The number of benzene rings is 1. The molecule has 0 bridgehead atoms. The van der Waals surface area contributed by atoms with Gasteiger partial charge in [0, 0.05) is 23.4 Å². The van der Waals surface area contributed by atoms with Crippen molar-refractivity contribution in [2.45, 2.75) is 20.3 Å². The lowest BCUT2D eigenvalue weighted by atomic mass is 10.2. The third kappa shape index (κ3) is 1.83. The lowest BCUT2D eigenvalue weighted by Crippen LogP contribution is -2.16. The molecule has 2 rings (SSSR count). The Morgan fingerprint density at radius 1 is 1.22 bits per heavy atom. The number of halogens is 3. The van der Waals surface area contributed by atoms with Crippen molar-refractivity contribution in [2.24, 2.45) is 0 Å². The van der Waals surface area contributed by atoms with Crippen molar-refractivity contribution in [3.8, 4) is 5.69 Å². The number of hydrogen-bond acceptors (Lipinski definition) is 1. The Hall–Kier alpha value is -1.98. The highest BCUT2D eigenvalue weighted by Crippen LogP contribution is 2.16. The van der Waals surface area contributed by atoms with Crippen molar-refractivity contribution in [1.82, 2.24) is 9.78 Å². The molecular formula is C12H11F3N2O. The molecule has 1 heterocycles. The van der Waals surface area contributed by atoms with Gasteiger partial charge in [0.1, 0.15) is 0 Å². The summed E-state index contributed by atoms with van der Waals surface area (Å²) in [5.41, 5.74) is 0.671. The van der Waals surface area contributed by atoms with E-state index >= 15 is 0 Å². The minimum atomic E-state index is -1.55. The van der Waals surface area contributed by atoms with E-state index in [9.17, 15) is 18.0 Å². The number of H-pyrrole nitrogens is 1. The Morgan fingerprint density at radius 3 is 2.22 bits per heavy atom. The minimum absolute atomic E-state index is 0.0702. The molecule has 2 aromatic rings. The molecule has 0 fully saturated rings. The smallest absolute Gasteiger partial charge is 0.274 e. The van der Waals surface area contributed by atoms with Crippen molar-refractivity contribution >= 4 is 0 Å². The van der Waals surface area contributed by atoms with Crippen LogP contribution in [0.4, 0.5) is 13.2 Å². The summed E-state index contributed by atoms with van der Waals surface area (Å²) < 4.78 is 40.0. The molecule has 0 aliphatic rings. The normalized spacial score (nSPS) is 10.9. The molecule has 0 unspecified atom stereocenters. The topological polar surface area (TPSA) is 37.8 Å². The van der Waals surface area contributed by atoms with Gasteiger partial charge >= 0.3 is 0 Å². The van der Waals surface area contributed by atoms with Gasteiger partial charge in [-0.3, -0.25) is 9.89 Å². The summed E-state index contributed by atoms with van der Waals surface area (Å²) in [7, 11) is 0. The fraction of sp³-hybridized carbons (Fsp3) is 0.250. The van der Waals surface area contributed by atoms with Crippen molar-refractivity contribution in [3.63, 3.8) is 0 Å². The summed E-state index contributed by atoms with van der Waals surface area (Å²) in [4.78, 5) is 11.8. The Kier molecular flexibility index (Phi) is 3.02. The Bertz CT molecular complexity index is 635. The molecule has 18 heavy (non-hydrogen) atoms. The lowest BCUT2D eigenvalue weighted by Gasteiger charge is -2.03. The van der Waals surface area contributed by atoms with Crippen LogP contribution in [-0.4, -0.2) is 9.78 Å². The third-order valence-corrected chi connectivity index (χ3v) is 2.80. The lowest BCUT2D eigenvalue weighted by molar-refractivity contribution is 0.445. The van der Waals surface area contributed by atoms with E-state index in [-0.39, 0.29) is 5.69 Å². The van der Waals surface area contributed by atoms with Crippen LogP contribution in [0.25, 0.3) is 5.69 Å². The van der Waals surface area contributed by atoms with Gasteiger partial charge in [0.15, 0.2) is 17.5 Å². The molecule has 0 radical (unpaired) electrons. The summed E-state index contributed by atoms with van der Waals surface area (Å²) in [5, 5.41) is 2.74. The zero-order valence-corrected chi connectivity index (χ0v) is 9.85. The first kappa shape index (κ1) is 12.5. The zero-order chi connectivity index (χ0) is 13.4. The average molecular weight is 256 g/mol. The number of rotatable bonds is 2. The van der Waals surface area contributed by atoms with Crippen LogP contribution in [-0.2, 0) is 6.42 Å². The number of aromatic nitrogens is 2. The van der Waals surface area contributed by atoms with Gasteiger partial charge < -0.3 is 0 Å². The number of aromatic amines is 1. The largest absolute Gasteiger partial charge is 0.295 e. The molecule has 0 atom stereocenters. The quantitative estimate of drug-likeness (QED) is 0.823. The van der Waals surface area contributed by atoms with Crippen LogP contribution in [0.5, 0.6) is 0 Å². The minimum Gasteiger partial charge on any atom is -0.295 e. The maximum Gasteiger partial charge on any atom is 0.274 e. The van der Waals surface area contributed by atoms with Crippen LogP contribution >= 0.6 is 0 Å². The molecule has 0 aliphatic carbocycles. The van der Waals surface area contributed by atoms with E-state index in [1.54, 1.807) is 6.92 Å². The molecule has 0 spiro atoms. The second-order valence-electron chi connectivity index (χ2n) is 3.93. The highest BCUT2D eigenvalue weighted by Gasteiger charge is 2.15. The summed E-state index contributed by atoms with van der Waals surface area (Å²) in [6.45, 7) is 3.46. The van der Waals surface area contributed by atoms with E-state index in [1.807, 2.05) is 6.92 Å². The number of nitrogens with one attached hydrogen (secondary N) is 1. The van der Waals surface area contributed by atoms with Gasteiger partial charge in [-0.25, -0.2) is 17.9 Å². The molecule has 0 saturated heterocycles. The molecular weight excluding hydrogens is 245 g/mol. The highest BCUT2D eigenvalue weighted by atomic mass is 19.2. The van der Waals surface area contributed by atoms with Crippen LogP contribution in [0.15, 0.2) is 16.9 Å². The second-order valence-corrected chi connectivity index (χ2v) is 3.93. The van der Waals surface area contributed by atoms with Crippen LogP contribution < -0.4 is 5.56 Å². The van der Waals surface area contributed by atoms with E-state index in [0.717, 1.165) is 16.8 Å². The van der Waals surface area contributed by atoms with E-state index in [2.05, 4.69) is 5.10 Å². The van der Waals surface area contributed by atoms with E-state index in [4.69, 9.17) is 0 Å². The zero-order valence-electron chi connectivity index (χ0n) is 9.85. The van der Waals surface area contributed by atoms with Gasteiger partial charge in [0.05, 0.1) is 5.69 Å². The molecule has 0 saturated carbocycles. The first-order valence-electron chi connectivity index (χ1n) is 5.41. The fourth-order valence-electron chi connectivity index (χ4n) is 1.76. The van der Waals surface area contributed by atoms with Crippen molar-refractivity contribution in [2.75, 3.05) is 0 Å². The monoisotopic (exact) mass is 256 g/mol. The predicted molar refractivity (Wildman–Crippen MR) is 60.4 cm³/mol. The first-order chi connectivity index (χ1) is 8.45. The predicted octanol–water partition coefficient (Wildman–Crippen LogP) is 2.45. The Morgan fingerprint density at radius 2 is 1.78 bits per heavy atom. The summed E-state index contributed by atoms with van der Waals surface area (Å²) in [6, 6.07) is 1.55. The van der Waals surface area contributed by atoms with Gasteiger partial charge in [-0.1, -0.05) is 6.92 Å². The van der Waals surface area contributed by atoms with E-state index in [0.29, 0.717) is 17.7 Å². The van der Waals surface area contributed by atoms with Gasteiger partial charge in [-0.05, 0) is 13.3 Å². The van der Waals surface area contributed by atoms with Crippen LogP contribution in [0.1, 0.15) is 18.2 Å². The SMILES string of the molecule is CCc1[nH]n(-c2cc(F)c(F)c(F)c2)c(=O)c1C. The van der Waals surface area contributed by atoms with Crippen molar-refractivity contribution in [3.05, 3.63) is 51.2 Å². The summed E-state index contributed by atoms with van der Waals surface area (Å²) in [5.74, 6) is -4.21. The van der Waals surface area contributed by atoms with Crippen LogP contribution in [0.3, 0.4) is 0 Å². The molecule has 96 valence electrons. The molecule has 6 heteroatoms. The van der Waals surface area contributed by atoms with Crippen molar-refractivity contribution in [1.29, 1.82) is 0 Å². The van der Waals surface area contributed by atoms with Gasteiger partial charge in [0.25, 0.3) is 5.56 Å². The molecule has 3 nitrogen and oxygen atoms in total. The van der Waals surface area contributed by atoms with E-state index in [1.165, 1.54) is 0 Å². The molecule has 0 aliphatic heterocycles. The van der Waals surface area contributed by atoms with Gasteiger partial charge in [0.2, 0.25) is 0 Å². The standard InChI is InChI=1S/C12H11F3N2O/c1-3-10-6(2)12(18)17(16-10)7-4-8(13)11(15)9(14)5-7/h4-5,16H,3H2,1-2H3. The van der Waals surface area contributed by atoms with Crippen LogP contribution in [0, 0.1) is 24.4 Å². The Labute approximate surface area is 101 Å². The third-order valence-electron chi connectivity index (χ3n) is 2.80. The molecule has 1 aromatic carbocycles. The molecule has 1 N–H and O–H groups in total. The number of hydrogen-bond donors (Lipinski definition) is 1. The fourth-order valence-corrected chi connectivity index (χ4v) is 1.76. The Balaban J connectivity index is 2.66. The maximum absolute atomic E-state index is 13.1.